The summed E-state index contributed by atoms with van der Waals surface area (Å²) in [4.78, 5) is 24.3. The zero-order valence-electron chi connectivity index (χ0n) is 34.1. The molecule has 3 N–H and O–H groups in total. The second-order valence-electron chi connectivity index (χ2n) is 15.4. The average Bonchev–Trinajstić information content (AvgIpc) is 3.13. The third kappa shape index (κ3) is 38.1. The largest absolute Gasteiger partial charge is 0.466 e. The fourth-order valence-corrected chi connectivity index (χ4v) is 6.81. The van der Waals surface area contributed by atoms with Crippen LogP contribution in [-0.2, 0) is 14.3 Å². The zero-order chi connectivity index (χ0) is 37.3. The summed E-state index contributed by atoms with van der Waals surface area (Å²) in [6.45, 7) is 4.86. The summed E-state index contributed by atoms with van der Waals surface area (Å²) in [5, 5.41) is 23.1. The van der Waals surface area contributed by atoms with Crippen LogP contribution >= 0.6 is 0 Å². The number of esters is 1. The molecule has 51 heavy (non-hydrogen) atoms. The number of allylic oxidation sites excluding steroid dienone is 2. The van der Waals surface area contributed by atoms with Crippen molar-refractivity contribution in [2.45, 2.75) is 251 Å². The Bertz CT molecular complexity index is 757. The topological polar surface area (TPSA) is 95.9 Å². The summed E-state index contributed by atoms with van der Waals surface area (Å²) in [6, 6.07) is -0.556. The van der Waals surface area contributed by atoms with E-state index < -0.39 is 12.1 Å². The van der Waals surface area contributed by atoms with Gasteiger partial charge in [0.25, 0.3) is 0 Å². The maximum absolute atomic E-state index is 12.4. The van der Waals surface area contributed by atoms with Gasteiger partial charge in [-0.1, -0.05) is 187 Å². The minimum atomic E-state index is -0.676. The highest BCUT2D eigenvalue weighted by Crippen LogP contribution is 2.15. The van der Waals surface area contributed by atoms with Crippen LogP contribution in [0.5, 0.6) is 0 Å². The molecule has 0 fully saturated rings. The second-order valence-corrected chi connectivity index (χ2v) is 15.4. The third-order valence-electron chi connectivity index (χ3n) is 10.3. The summed E-state index contributed by atoms with van der Waals surface area (Å²) in [7, 11) is 0. The Balaban J connectivity index is 3.50. The van der Waals surface area contributed by atoms with Crippen molar-refractivity contribution in [3.8, 4) is 0 Å². The highest BCUT2D eigenvalue weighted by atomic mass is 16.5. The van der Waals surface area contributed by atoms with E-state index >= 15 is 0 Å². The molecule has 0 saturated carbocycles. The van der Waals surface area contributed by atoms with Gasteiger partial charge in [-0.3, -0.25) is 9.59 Å². The molecule has 0 aromatic heterocycles. The Kier molecular flexibility index (Phi) is 40.2. The standard InChI is InChI=1S/C45H87NO5/c1-3-5-7-9-11-13-15-17-21-25-29-33-37-43(48)42(41-47)46-44(49)38-34-30-26-22-19-20-24-28-32-36-40-51-45(50)39-35-31-27-23-18-16-14-12-10-8-6-4-2/h12,14,42-43,47-48H,3-11,13,15-41H2,1-2H3,(H,46,49)/b14-12-. The lowest BCUT2D eigenvalue weighted by atomic mass is 10.0. The van der Waals surface area contributed by atoms with Crippen LogP contribution in [0.15, 0.2) is 12.2 Å². The van der Waals surface area contributed by atoms with Crippen molar-refractivity contribution in [1.29, 1.82) is 0 Å². The molecule has 0 heterocycles. The minimum absolute atomic E-state index is 0.0293. The van der Waals surface area contributed by atoms with Crippen molar-refractivity contribution < 1.29 is 24.5 Å². The van der Waals surface area contributed by atoms with Crippen LogP contribution in [0.3, 0.4) is 0 Å². The molecule has 2 atom stereocenters. The number of carbonyl (C=O) groups excluding carboxylic acids is 2. The van der Waals surface area contributed by atoms with Gasteiger partial charge >= 0.3 is 5.97 Å². The predicted octanol–water partition coefficient (Wildman–Crippen LogP) is 12.6. The number of aliphatic hydroxyl groups excluding tert-OH is 2. The molecular weight excluding hydrogens is 634 g/mol. The Hall–Kier alpha value is -1.40. The molecule has 2 unspecified atom stereocenters. The summed E-state index contributed by atoms with van der Waals surface area (Å²) in [5.74, 6) is -0.0887. The molecule has 6 heteroatoms. The van der Waals surface area contributed by atoms with E-state index in [9.17, 15) is 19.8 Å². The first-order valence-electron chi connectivity index (χ1n) is 22.4. The molecule has 1 amide bonds. The first kappa shape index (κ1) is 49.6. The summed E-state index contributed by atoms with van der Waals surface area (Å²) in [6.07, 6.45) is 44.4. The number of aliphatic hydroxyl groups is 2. The monoisotopic (exact) mass is 722 g/mol. The van der Waals surface area contributed by atoms with Crippen LogP contribution in [-0.4, -0.2) is 47.4 Å². The number of hydrogen-bond acceptors (Lipinski definition) is 5. The maximum atomic E-state index is 12.4. The van der Waals surface area contributed by atoms with Gasteiger partial charge in [0.1, 0.15) is 0 Å². The lowest BCUT2D eigenvalue weighted by molar-refractivity contribution is -0.143. The van der Waals surface area contributed by atoms with E-state index in [1.807, 2.05) is 0 Å². The van der Waals surface area contributed by atoms with Crippen molar-refractivity contribution in [1.82, 2.24) is 5.32 Å². The third-order valence-corrected chi connectivity index (χ3v) is 10.3. The van der Waals surface area contributed by atoms with Gasteiger partial charge in [-0.15, -0.1) is 0 Å². The zero-order valence-corrected chi connectivity index (χ0v) is 34.1. The summed E-state index contributed by atoms with van der Waals surface area (Å²) in [5.41, 5.74) is 0. The van der Waals surface area contributed by atoms with E-state index in [-0.39, 0.29) is 18.5 Å². The van der Waals surface area contributed by atoms with Crippen LogP contribution in [0, 0.1) is 0 Å². The number of hydrogen-bond donors (Lipinski definition) is 3. The van der Waals surface area contributed by atoms with Crippen LogP contribution in [0.2, 0.25) is 0 Å². The van der Waals surface area contributed by atoms with E-state index in [1.54, 1.807) is 0 Å². The van der Waals surface area contributed by atoms with Crippen molar-refractivity contribution >= 4 is 11.9 Å². The van der Waals surface area contributed by atoms with Gasteiger partial charge in [-0.25, -0.2) is 0 Å². The first-order chi connectivity index (χ1) is 25.0. The Morgan fingerprint density at radius 1 is 0.529 bits per heavy atom. The van der Waals surface area contributed by atoms with Crippen molar-refractivity contribution in [2.75, 3.05) is 13.2 Å². The van der Waals surface area contributed by atoms with Gasteiger partial charge in [0.2, 0.25) is 5.91 Å². The molecule has 0 bridgehead atoms. The molecule has 302 valence electrons. The molecule has 0 radical (unpaired) electrons. The van der Waals surface area contributed by atoms with E-state index in [0.29, 0.717) is 25.9 Å². The van der Waals surface area contributed by atoms with Crippen molar-refractivity contribution in [2.24, 2.45) is 0 Å². The highest BCUT2D eigenvalue weighted by molar-refractivity contribution is 5.76. The number of unbranched alkanes of at least 4 members (excludes halogenated alkanes) is 28. The first-order valence-corrected chi connectivity index (χ1v) is 22.4. The molecule has 0 aliphatic heterocycles. The van der Waals surface area contributed by atoms with Gasteiger partial charge in [0.15, 0.2) is 0 Å². The SMILES string of the molecule is CCCCC/C=C\CCCCCCCC(=O)OCCCCCCCCCCCCC(=O)NC(CO)C(O)CCCCCCCCCCCCCC. The van der Waals surface area contributed by atoms with Crippen LogP contribution < -0.4 is 5.32 Å². The van der Waals surface area contributed by atoms with E-state index in [4.69, 9.17) is 4.74 Å². The molecule has 0 aromatic carbocycles. The number of rotatable bonds is 41. The normalized spacial score (nSPS) is 12.8. The molecule has 0 aromatic rings. The fraction of sp³-hybridized carbons (Fsp3) is 0.911. The molecule has 0 aliphatic carbocycles. The van der Waals surface area contributed by atoms with E-state index in [0.717, 1.165) is 57.8 Å². The van der Waals surface area contributed by atoms with Crippen molar-refractivity contribution in [3.05, 3.63) is 12.2 Å². The molecule has 0 aliphatic rings. The minimum Gasteiger partial charge on any atom is -0.466 e. The lowest BCUT2D eigenvalue weighted by Crippen LogP contribution is -2.45. The molecule has 0 rings (SSSR count). The highest BCUT2D eigenvalue weighted by Gasteiger charge is 2.20. The molecule has 6 nitrogen and oxygen atoms in total. The number of nitrogens with one attached hydrogen (secondary N) is 1. The number of carbonyl (C=O) groups is 2. The van der Waals surface area contributed by atoms with Gasteiger partial charge in [-0.2, -0.15) is 0 Å². The van der Waals surface area contributed by atoms with Gasteiger partial charge < -0.3 is 20.3 Å². The van der Waals surface area contributed by atoms with E-state index in [2.05, 4.69) is 31.3 Å². The van der Waals surface area contributed by atoms with Crippen LogP contribution in [0.4, 0.5) is 0 Å². The van der Waals surface area contributed by atoms with Crippen LogP contribution in [0.25, 0.3) is 0 Å². The van der Waals surface area contributed by atoms with Gasteiger partial charge in [-0.05, 0) is 51.4 Å². The second kappa shape index (κ2) is 41.4. The smallest absolute Gasteiger partial charge is 0.305 e. The van der Waals surface area contributed by atoms with Gasteiger partial charge in [0, 0.05) is 12.8 Å². The fourth-order valence-electron chi connectivity index (χ4n) is 6.81. The quantitative estimate of drug-likeness (QED) is 0.0332. The Labute approximate surface area is 317 Å². The molecule has 0 saturated heterocycles. The van der Waals surface area contributed by atoms with Gasteiger partial charge in [0.05, 0.1) is 25.4 Å². The predicted molar refractivity (Wildman–Crippen MR) is 218 cm³/mol. The molecular formula is C45H87NO5. The average molecular weight is 722 g/mol. The number of ether oxygens (including phenoxy) is 1. The summed E-state index contributed by atoms with van der Waals surface area (Å²) >= 11 is 0. The Morgan fingerprint density at radius 3 is 1.43 bits per heavy atom. The van der Waals surface area contributed by atoms with Crippen molar-refractivity contribution in [3.63, 3.8) is 0 Å². The Morgan fingerprint density at radius 2 is 0.922 bits per heavy atom. The number of amides is 1. The lowest BCUT2D eigenvalue weighted by Gasteiger charge is -2.22. The van der Waals surface area contributed by atoms with E-state index in [1.165, 1.54) is 148 Å². The van der Waals surface area contributed by atoms with Crippen LogP contribution in [0.1, 0.15) is 239 Å². The molecule has 0 spiro atoms. The summed E-state index contributed by atoms with van der Waals surface area (Å²) < 4.78 is 5.42. The maximum Gasteiger partial charge on any atom is 0.305 e.